The Morgan fingerprint density at radius 1 is 1.11 bits per heavy atom. The van der Waals surface area contributed by atoms with Crippen LogP contribution in [0.15, 0.2) is 71.3 Å². The highest BCUT2D eigenvalue weighted by Gasteiger charge is 2.33. The molecular weight excluding hydrogens is 502 g/mol. The molecule has 0 saturated carbocycles. The molecule has 1 amide bonds. The number of hydrogen-bond donors (Lipinski definition) is 2. The van der Waals surface area contributed by atoms with Crippen LogP contribution in [0.25, 0.3) is 0 Å². The first-order valence-electron chi connectivity index (χ1n) is 12.6. The standard InChI is InChI=1S/C29H27N3O5S/c1-2-35-23-15-19(10-11-21(23)37-29(34)22-9-6-14-36-22)26-30-27(33)25-20-12-13-32(16-18-7-4-3-5-8-18)17-24(20)38-28(25)31-26/h3-11,14-15,26,31H,2,12-13,16-17H2,1H3,(H,30,33). The largest absolute Gasteiger partial charge is 0.490 e. The van der Waals surface area contributed by atoms with E-state index < -0.39 is 12.1 Å². The summed E-state index contributed by atoms with van der Waals surface area (Å²) in [6.07, 6.45) is 1.82. The van der Waals surface area contributed by atoms with Gasteiger partial charge in [0.1, 0.15) is 11.2 Å². The number of hydrogen-bond acceptors (Lipinski definition) is 8. The third-order valence-corrected chi connectivity index (χ3v) is 7.84. The zero-order chi connectivity index (χ0) is 26.1. The van der Waals surface area contributed by atoms with Crippen molar-refractivity contribution in [3.63, 3.8) is 0 Å². The second-order valence-electron chi connectivity index (χ2n) is 9.21. The van der Waals surface area contributed by atoms with E-state index in [2.05, 4.69) is 39.8 Å². The van der Waals surface area contributed by atoms with Crippen LogP contribution in [0.5, 0.6) is 11.5 Å². The molecule has 4 heterocycles. The predicted molar refractivity (Wildman–Crippen MR) is 144 cm³/mol. The number of fused-ring (bicyclic) bond motifs is 3. The van der Waals surface area contributed by atoms with E-state index in [0.717, 1.165) is 47.7 Å². The minimum Gasteiger partial charge on any atom is -0.490 e. The van der Waals surface area contributed by atoms with Gasteiger partial charge in [-0.05, 0) is 54.3 Å². The van der Waals surface area contributed by atoms with Crippen LogP contribution in [0.1, 0.15) is 55.6 Å². The summed E-state index contributed by atoms with van der Waals surface area (Å²) in [5.41, 5.74) is 3.99. The molecule has 9 heteroatoms. The van der Waals surface area contributed by atoms with Crippen LogP contribution < -0.4 is 20.1 Å². The van der Waals surface area contributed by atoms with Gasteiger partial charge in [-0.15, -0.1) is 11.3 Å². The van der Waals surface area contributed by atoms with E-state index in [1.54, 1.807) is 29.5 Å². The average molecular weight is 530 g/mol. The topological polar surface area (TPSA) is 93.0 Å². The smallest absolute Gasteiger partial charge is 0.379 e. The van der Waals surface area contributed by atoms with E-state index in [1.807, 2.05) is 19.1 Å². The zero-order valence-corrected chi connectivity index (χ0v) is 21.7. The minimum absolute atomic E-state index is 0.0796. The van der Waals surface area contributed by atoms with Crippen molar-refractivity contribution in [1.29, 1.82) is 0 Å². The Bertz CT molecular complexity index is 1470. The molecule has 8 nitrogen and oxygen atoms in total. The zero-order valence-electron chi connectivity index (χ0n) is 20.9. The number of ether oxygens (including phenoxy) is 2. The Hall–Kier alpha value is -4.08. The fourth-order valence-electron chi connectivity index (χ4n) is 4.91. The number of nitrogens with zero attached hydrogens (tertiary/aromatic N) is 1. The molecule has 0 saturated heterocycles. The summed E-state index contributed by atoms with van der Waals surface area (Å²) in [5.74, 6) is 0.111. The van der Waals surface area contributed by atoms with E-state index in [-0.39, 0.29) is 17.4 Å². The molecule has 0 radical (unpaired) electrons. The van der Waals surface area contributed by atoms with Crippen molar-refractivity contribution in [2.75, 3.05) is 18.5 Å². The molecule has 0 bridgehead atoms. The number of carbonyl (C=O) groups excluding carboxylic acids is 2. The van der Waals surface area contributed by atoms with Crippen molar-refractivity contribution in [2.45, 2.75) is 32.6 Å². The van der Waals surface area contributed by atoms with Crippen molar-refractivity contribution < 1.29 is 23.5 Å². The van der Waals surface area contributed by atoms with Gasteiger partial charge in [-0.2, -0.15) is 0 Å². The molecule has 0 spiro atoms. The van der Waals surface area contributed by atoms with E-state index in [0.29, 0.717) is 12.4 Å². The summed E-state index contributed by atoms with van der Waals surface area (Å²) in [6.45, 7) is 4.88. The first-order valence-corrected chi connectivity index (χ1v) is 13.4. The van der Waals surface area contributed by atoms with E-state index in [4.69, 9.17) is 13.9 Å². The molecule has 2 aliphatic heterocycles. The summed E-state index contributed by atoms with van der Waals surface area (Å²) < 4.78 is 16.4. The van der Waals surface area contributed by atoms with Gasteiger partial charge in [0, 0.05) is 24.5 Å². The molecule has 4 aromatic rings. The monoisotopic (exact) mass is 529 g/mol. The second-order valence-corrected chi connectivity index (χ2v) is 10.3. The van der Waals surface area contributed by atoms with Gasteiger partial charge >= 0.3 is 5.97 Å². The number of anilines is 1. The van der Waals surface area contributed by atoms with Crippen molar-refractivity contribution in [3.8, 4) is 11.5 Å². The third kappa shape index (κ3) is 4.78. The number of amides is 1. The van der Waals surface area contributed by atoms with Gasteiger partial charge in [0.15, 0.2) is 11.5 Å². The van der Waals surface area contributed by atoms with Gasteiger partial charge in [-0.1, -0.05) is 36.4 Å². The van der Waals surface area contributed by atoms with Crippen LogP contribution in [-0.4, -0.2) is 29.9 Å². The maximum atomic E-state index is 13.3. The fourth-order valence-corrected chi connectivity index (χ4v) is 6.23. The quantitative estimate of drug-likeness (QED) is 0.246. The molecule has 6 rings (SSSR count). The fraction of sp³-hybridized carbons (Fsp3) is 0.241. The normalized spacial score (nSPS) is 16.7. The average Bonchev–Trinajstić information content (AvgIpc) is 3.59. The predicted octanol–water partition coefficient (Wildman–Crippen LogP) is 5.37. The number of rotatable bonds is 7. The lowest BCUT2D eigenvalue weighted by molar-refractivity contribution is 0.0695. The van der Waals surface area contributed by atoms with Gasteiger partial charge in [-0.3, -0.25) is 9.69 Å². The molecule has 0 fully saturated rings. The van der Waals surface area contributed by atoms with E-state index >= 15 is 0 Å². The van der Waals surface area contributed by atoms with Gasteiger partial charge in [-0.25, -0.2) is 4.79 Å². The first-order chi connectivity index (χ1) is 18.6. The Morgan fingerprint density at radius 2 is 1.97 bits per heavy atom. The number of nitrogens with one attached hydrogen (secondary N) is 2. The van der Waals surface area contributed by atoms with Crippen LogP contribution in [0, 0.1) is 0 Å². The molecule has 1 unspecified atom stereocenters. The van der Waals surface area contributed by atoms with Crippen LogP contribution >= 0.6 is 11.3 Å². The lowest BCUT2D eigenvalue weighted by Gasteiger charge is -2.29. The summed E-state index contributed by atoms with van der Waals surface area (Å²) in [4.78, 5) is 29.3. The molecule has 1 atom stereocenters. The SMILES string of the molecule is CCOc1cc(C2NC(=O)c3c(sc4c3CCN(Cc3ccccc3)C4)N2)ccc1OC(=O)c1ccco1. The third-order valence-electron chi connectivity index (χ3n) is 6.69. The van der Waals surface area contributed by atoms with Crippen LogP contribution in [-0.2, 0) is 19.5 Å². The van der Waals surface area contributed by atoms with Crippen LogP contribution in [0.2, 0.25) is 0 Å². The summed E-state index contributed by atoms with van der Waals surface area (Å²) >= 11 is 1.65. The molecule has 2 N–H and O–H groups in total. The number of furan rings is 1. The number of benzene rings is 2. The maximum absolute atomic E-state index is 13.3. The van der Waals surface area contributed by atoms with Crippen LogP contribution in [0.4, 0.5) is 5.00 Å². The van der Waals surface area contributed by atoms with E-state index in [9.17, 15) is 9.59 Å². The van der Waals surface area contributed by atoms with E-state index in [1.165, 1.54) is 22.8 Å². The lowest BCUT2D eigenvalue weighted by atomic mass is 10.00. The van der Waals surface area contributed by atoms with Crippen molar-refractivity contribution in [1.82, 2.24) is 10.2 Å². The molecule has 2 aliphatic rings. The first kappa shape index (κ1) is 24.3. The summed E-state index contributed by atoms with van der Waals surface area (Å²) in [5, 5.41) is 7.49. The van der Waals surface area contributed by atoms with Crippen molar-refractivity contribution in [3.05, 3.63) is 99.8 Å². The number of carbonyl (C=O) groups is 2. The highest BCUT2D eigenvalue weighted by atomic mass is 32.1. The minimum atomic E-state index is -0.608. The molecular formula is C29H27N3O5S. The molecule has 2 aromatic carbocycles. The summed E-state index contributed by atoms with van der Waals surface area (Å²) in [6, 6.07) is 18.9. The maximum Gasteiger partial charge on any atom is 0.379 e. The molecule has 194 valence electrons. The molecule has 0 aliphatic carbocycles. The second kappa shape index (κ2) is 10.4. The van der Waals surface area contributed by atoms with Crippen molar-refractivity contribution >= 4 is 28.2 Å². The van der Waals surface area contributed by atoms with Gasteiger partial charge in [0.05, 0.1) is 18.4 Å². The van der Waals surface area contributed by atoms with Crippen molar-refractivity contribution in [2.24, 2.45) is 0 Å². The lowest BCUT2D eigenvalue weighted by Crippen LogP contribution is -2.38. The molecule has 2 aromatic heterocycles. The summed E-state index contributed by atoms with van der Waals surface area (Å²) in [7, 11) is 0. The number of thiophene rings is 1. The van der Waals surface area contributed by atoms with Gasteiger partial charge < -0.3 is 24.5 Å². The highest BCUT2D eigenvalue weighted by Crippen LogP contribution is 2.42. The Labute approximate surface area is 224 Å². The molecule has 38 heavy (non-hydrogen) atoms. The van der Waals surface area contributed by atoms with Gasteiger partial charge in [0.2, 0.25) is 5.76 Å². The highest BCUT2D eigenvalue weighted by molar-refractivity contribution is 7.16. The number of esters is 1. The van der Waals surface area contributed by atoms with Gasteiger partial charge in [0.25, 0.3) is 5.91 Å². The van der Waals surface area contributed by atoms with Crippen LogP contribution in [0.3, 0.4) is 0 Å². The Kier molecular flexibility index (Phi) is 6.61. The Balaban J connectivity index is 1.21. The Morgan fingerprint density at radius 3 is 2.76 bits per heavy atom.